The highest BCUT2D eigenvalue weighted by atomic mass is 16.5. The van der Waals surface area contributed by atoms with Gasteiger partial charge in [0.05, 0.1) is 12.8 Å². The third kappa shape index (κ3) is 2.04. The second kappa shape index (κ2) is 4.43. The van der Waals surface area contributed by atoms with E-state index in [9.17, 15) is 0 Å². The molecule has 1 aliphatic carbocycles. The van der Waals surface area contributed by atoms with E-state index in [0.29, 0.717) is 11.9 Å². The highest BCUT2D eigenvalue weighted by Crippen LogP contribution is 2.33. The Balaban J connectivity index is 1.88. The maximum atomic E-state index is 5.18. The number of nitrogens with zero attached hydrogens (tertiary/aromatic N) is 1. The number of hydrogen-bond donors (Lipinski definition) is 2. The van der Waals surface area contributed by atoms with Crippen LogP contribution in [0.2, 0.25) is 0 Å². The monoisotopic (exact) mass is 233 g/mol. The molecule has 0 bridgehead atoms. The van der Waals surface area contributed by atoms with Crippen molar-refractivity contribution in [2.75, 3.05) is 24.3 Å². The number of rotatable bonds is 1. The molecule has 2 atom stereocenters. The van der Waals surface area contributed by atoms with Crippen molar-refractivity contribution in [3.63, 3.8) is 0 Å². The largest absolute Gasteiger partial charge is 0.481 e. The first-order valence-electron chi connectivity index (χ1n) is 6.42. The van der Waals surface area contributed by atoms with E-state index >= 15 is 0 Å². The number of nitrogens with one attached hydrogen (secondary N) is 2. The molecule has 0 radical (unpaired) electrons. The molecule has 1 aliphatic heterocycles. The summed E-state index contributed by atoms with van der Waals surface area (Å²) in [5, 5.41) is 7.08. The molecular formula is C13H19N3O. The van der Waals surface area contributed by atoms with Crippen molar-refractivity contribution in [1.29, 1.82) is 0 Å². The van der Waals surface area contributed by atoms with E-state index < -0.39 is 0 Å². The van der Waals surface area contributed by atoms with Crippen LogP contribution in [0, 0.1) is 5.92 Å². The van der Waals surface area contributed by atoms with Gasteiger partial charge in [0, 0.05) is 18.7 Å². The molecule has 0 aromatic carbocycles. The van der Waals surface area contributed by atoms with Crippen molar-refractivity contribution in [2.24, 2.45) is 5.92 Å². The Morgan fingerprint density at radius 2 is 2.18 bits per heavy atom. The van der Waals surface area contributed by atoms with Gasteiger partial charge in [-0.1, -0.05) is 12.8 Å². The van der Waals surface area contributed by atoms with Gasteiger partial charge in [-0.3, -0.25) is 0 Å². The predicted molar refractivity (Wildman–Crippen MR) is 68.6 cm³/mol. The van der Waals surface area contributed by atoms with Crippen LogP contribution < -0.4 is 15.4 Å². The lowest BCUT2D eigenvalue weighted by molar-refractivity contribution is 0.341. The molecule has 2 aliphatic rings. The molecule has 2 unspecified atom stereocenters. The van der Waals surface area contributed by atoms with E-state index in [0.717, 1.165) is 24.0 Å². The van der Waals surface area contributed by atoms with Crippen LogP contribution in [0.3, 0.4) is 0 Å². The van der Waals surface area contributed by atoms with Gasteiger partial charge in [-0.05, 0) is 24.8 Å². The first-order valence-corrected chi connectivity index (χ1v) is 6.42. The predicted octanol–water partition coefficient (Wildman–Crippen LogP) is 2.49. The fourth-order valence-electron chi connectivity index (χ4n) is 2.87. The van der Waals surface area contributed by atoms with Crippen LogP contribution in [0.25, 0.3) is 0 Å². The Labute approximate surface area is 102 Å². The van der Waals surface area contributed by atoms with Crippen molar-refractivity contribution < 1.29 is 4.74 Å². The number of aromatic nitrogens is 1. The highest BCUT2D eigenvalue weighted by molar-refractivity contribution is 5.66. The van der Waals surface area contributed by atoms with Gasteiger partial charge in [0.25, 0.3) is 0 Å². The zero-order chi connectivity index (χ0) is 11.7. The molecule has 2 heterocycles. The number of hydrogen-bond acceptors (Lipinski definition) is 4. The average Bonchev–Trinajstić information content (AvgIpc) is 2.56. The van der Waals surface area contributed by atoms with Crippen LogP contribution in [-0.2, 0) is 0 Å². The standard InChI is InChI=1S/C13H19N3O/c1-17-12-7-6-11-13(16-12)15-10-5-3-2-4-9(10)8-14-11/h6-7,9-10,14H,2-5,8H2,1H3,(H,15,16). The molecule has 4 heteroatoms. The van der Waals surface area contributed by atoms with Crippen molar-refractivity contribution in [3.05, 3.63) is 12.1 Å². The molecule has 1 aromatic rings. The lowest BCUT2D eigenvalue weighted by Crippen LogP contribution is -2.34. The summed E-state index contributed by atoms with van der Waals surface area (Å²) in [6.45, 7) is 1.05. The van der Waals surface area contributed by atoms with E-state index in [2.05, 4.69) is 15.6 Å². The number of ether oxygens (including phenoxy) is 1. The minimum absolute atomic E-state index is 0.567. The van der Waals surface area contributed by atoms with Crippen molar-refractivity contribution in [2.45, 2.75) is 31.7 Å². The maximum Gasteiger partial charge on any atom is 0.215 e. The van der Waals surface area contributed by atoms with Crippen LogP contribution >= 0.6 is 0 Å². The van der Waals surface area contributed by atoms with Crippen LogP contribution in [0.4, 0.5) is 11.5 Å². The summed E-state index contributed by atoms with van der Waals surface area (Å²) in [5.74, 6) is 2.34. The van der Waals surface area contributed by atoms with Gasteiger partial charge < -0.3 is 15.4 Å². The van der Waals surface area contributed by atoms with E-state index in [-0.39, 0.29) is 0 Å². The Hall–Kier alpha value is -1.45. The lowest BCUT2D eigenvalue weighted by atomic mass is 9.85. The quantitative estimate of drug-likeness (QED) is 0.782. The van der Waals surface area contributed by atoms with Gasteiger partial charge in [-0.25, -0.2) is 0 Å². The Kier molecular flexibility index (Phi) is 2.79. The summed E-state index contributed by atoms with van der Waals surface area (Å²) in [7, 11) is 1.66. The molecule has 4 nitrogen and oxygen atoms in total. The van der Waals surface area contributed by atoms with Crippen LogP contribution in [0.5, 0.6) is 5.88 Å². The SMILES string of the molecule is COc1ccc2c(n1)NC1CCCCC1CN2. The van der Waals surface area contributed by atoms with Gasteiger partial charge in [0.15, 0.2) is 5.82 Å². The van der Waals surface area contributed by atoms with Crippen LogP contribution in [-0.4, -0.2) is 24.7 Å². The van der Waals surface area contributed by atoms with Gasteiger partial charge in [-0.2, -0.15) is 4.98 Å². The van der Waals surface area contributed by atoms with Gasteiger partial charge in [-0.15, -0.1) is 0 Å². The summed E-state index contributed by atoms with van der Waals surface area (Å²) in [5.41, 5.74) is 1.10. The van der Waals surface area contributed by atoms with Crippen molar-refractivity contribution >= 4 is 11.5 Å². The van der Waals surface area contributed by atoms with Gasteiger partial charge in [0.1, 0.15) is 0 Å². The summed E-state index contributed by atoms with van der Waals surface area (Å²) >= 11 is 0. The maximum absolute atomic E-state index is 5.18. The Bertz CT molecular complexity index is 408. The second-order valence-corrected chi connectivity index (χ2v) is 4.93. The topological polar surface area (TPSA) is 46.2 Å². The van der Waals surface area contributed by atoms with E-state index in [1.807, 2.05) is 12.1 Å². The number of fused-ring (bicyclic) bond motifs is 2. The van der Waals surface area contributed by atoms with Crippen molar-refractivity contribution in [1.82, 2.24) is 4.98 Å². The Morgan fingerprint density at radius 1 is 1.29 bits per heavy atom. The molecule has 92 valence electrons. The van der Waals surface area contributed by atoms with E-state index in [4.69, 9.17) is 4.74 Å². The van der Waals surface area contributed by atoms with Crippen LogP contribution in [0.15, 0.2) is 12.1 Å². The molecule has 17 heavy (non-hydrogen) atoms. The first-order chi connectivity index (χ1) is 8.36. The molecule has 0 saturated heterocycles. The molecular weight excluding hydrogens is 214 g/mol. The first kappa shape index (κ1) is 10.7. The summed E-state index contributed by atoms with van der Waals surface area (Å²) in [6.07, 6.45) is 5.26. The smallest absolute Gasteiger partial charge is 0.215 e. The third-order valence-corrected chi connectivity index (χ3v) is 3.86. The fourth-order valence-corrected chi connectivity index (χ4v) is 2.87. The van der Waals surface area contributed by atoms with Crippen molar-refractivity contribution in [3.8, 4) is 5.88 Å². The fraction of sp³-hybridized carbons (Fsp3) is 0.615. The molecule has 0 amide bonds. The molecule has 0 spiro atoms. The molecule has 2 N–H and O–H groups in total. The molecule has 1 fully saturated rings. The number of pyridine rings is 1. The second-order valence-electron chi connectivity index (χ2n) is 4.93. The average molecular weight is 233 g/mol. The zero-order valence-electron chi connectivity index (χ0n) is 10.2. The molecule has 1 aromatic heterocycles. The van der Waals surface area contributed by atoms with Gasteiger partial charge in [0.2, 0.25) is 5.88 Å². The summed E-state index contributed by atoms with van der Waals surface area (Å²) < 4.78 is 5.18. The minimum atomic E-state index is 0.567. The number of methoxy groups -OCH3 is 1. The van der Waals surface area contributed by atoms with E-state index in [1.54, 1.807) is 7.11 Å². The molecule has 3 rings (SSSR count). The van der Waals surface area contributed by atoms with Gasteiger partial charge >= 0.3 is 0 Å². The normalized spacial score (nSPS) is 26.9. The minimum Gasteiger partial charge on any atom is -0.481 e. The summed E-state index contributed by atoms with van der Waals surface area (Å²) in [6, 6.07) is 4.52. The highest BCUT2D eigenvalue weighted by Gasteiger charge is 2.28. The third-order valence-electron chi connectivity index (χ3n) is 3.86. The lowest BCUT2D eigenvalue weighted by Gasteiger charge is -2.30. The number of anilines is 2. The zero-order valence-corrected chi connectivity index (χ0v) is 10.2. The van der Waals surface area contributed by atoms with E-state index in [1.165, 1.54) is 25.7 Å². The molecule has 1 saturated carbocycles. The van der Waals surface area contributed by atoms with Crippen LogP contribution in [0.1, 0.15) is 25.7 Å². The Morgan fingerprint density at radius 3 is 3.06 bits per heavy atom. The summed E-state index contributed by atoms with van der Waals surface area (Å²) in [4.78, 5) is 4.49.